The largest absolute Gasteiger partial charge is 1.00 e. The Hall–Kier alpha value is -1.06. The summed E-state index contributed by atoms with van der Waals surface area (Å²) in [6, 6.07) is 22.0. The Labute approximate surface area is 262 Å². The van der Waals surface area contributed by atoms with Crippen LogP contribution in [-0.4, -0.2) is 8.07 Å². The standard InChI is InChI=1S/C33H39Si.3ClH.Ti/c1-8-9-10-29-11-12-30(22-29)34(31-16-23(2)13-24(3)17-31,32-18-25(4)14-26(5)19-32)33-20-27(6)15-28(7)21-33;;;;/h11,13-21H,8-10,12H2,1-7H3;3*1H;/q;;;;+3/p-3. The van der Waals surface area contributed by atoms with Crippen LogP contribution in [0.25, 0.3) is 0 Å². The predicted molar refractivity (Wildman–Crippen MR) is 152 cm³/mol. The van der Waals surface area contributed by atoms with E-state index < -0.39 is 8.07 Å². The van der Waals surface area contributed by atoms with Crippen molar-refractivity contribution in [2.45, 2.75) is 74.1 Å². The minimum Gasteiger partial charge on any atom is -1.00 e. The van der Waals surface area contributed by atoms with Crippen molar-refractivity contribution in [1.29, 1.82) is 0 Å². The van der Waals surface area contributed by atoms with E-state index in [1.165, 1.54) is 68.2 Å². The van der Waals surface area contributed by atoms with Crippen LogP contribution in [-0.2, 0) is 20.4 Å². The summed E-state index contributed by atoms with van der Waals surface area (Å²) in [4.78, 5) is 0. The SMILES string of the molecule is CCCCC1=CCC([Si](c2cc(C)cc(C)c2)(c2cc(C)cc(C)c2)c2cc(C)cc(C)c2)=[C]1[Ti+3].[Cl-].[Cl-].[Cl-]. The van der Waals surface area contributed by atoms with Gasteiger partial charge in [0.2, 0.25) is 0 Å². The quantitative estimate of drug-likeness (QED) is 0.210. The minimum absolute atomic E-state index is 0. The molecule has 0 unspecified atom stereocenters. The van der Waals surface area contributed by atoms with E-state index in [0.29, 0.717) is 0 Å². The van der Waals surface area contributed by atoms with Crippen molar-refractivity contribution in [3.63, 3.8) is 0 Å². The molecule has 0 radical (unpaired) electrons. The van der Waals surface area contributed by atoms with Crippen molar-refractivity contribution in [3.05, 3.63) is 109 Å². The summed E-state index contributed by atoms with van der Waals surface area (Å²) in [7, 11) is -2.50. The first kappa shape index (κ1) is 35.0. The van der Waals surface area contributed by atoms with Gasteiger partial charge in [0.05, 0.1) is 0 Å². The van der Waals surface area contributed by atoms with E-state index in [1.807, 2.05) is 0 Å². The molecule has 200 valence electrons. The Morgan fingerprint density at radius 1 is 0.605 bits per heavy atom. The summed E-state index contributed by atoms with van der Waals surface area (Å²) in [5, 5.41) is 6.28. The van der Waals surface area contributed by atoms with E-state index in [1.54, 1.807) is 14.6 Å². The molecule has 0 N–H and O–H groups in total. The molecule has 3 aromatic rings. The first-order valence-corrected chi connectivity index (χ1v) is 15.8. The number of hydrogen-bond donors (Lipinski definition) is 0. The fourth-order valence-corrected chi connectivity index (χ4v) is 13.2. The summed E-state index contributed by atoms with van der Waals surface area (Å²) < 4.78 is 1.56. The maximum absolute atomic E-state index is 2.55. The second-order valence-electron chi connectivity index (χ2n) is 10.8. The Morgan fingerprint density at radius 3 is 1.26 bits per heavy atom. The summed E-state index contributed by atoms with van der Waals surface area (Å²) in [5.41, 5.74) is 9.75. The van der Waals surface area contributed by atoms with Gasteiger partial charge < -0.3 is 37.2 Å². The molecule has 0 saturated heterocycles. The second-order valence-corrected chi connectivity index (χ2v) is 15.4. The first-order valence-electron chi connectivity index (χ1n) is 13.1. The molecule has 0 bridgehead atoms. The van der Waals surface area contributed by atoms with Gasteiger partial charge in [-0.2, -0.15) is 0 Å². The van der Waals surface area contributed by atoms with Gasteiger partial charge in [0.15, 0.2) is 0 Å². The van der Waals surface area contributed by atoms with Crippen molar-refractivity contribution in [1.82, 2.24) is 0 Å². The van der Waals surface area contributed by atoms with E-state index in [9.17, 15) is 0 Å². The predicted octanol–water partition coefficient (Wildman–Crippen LogP) is -2.12. The Kier molecular flexibility index (Phi) is 13.4. The zero-order valence-corrected chi connectivity index (χ0v) is 28.6. The molecule has 0 atom stereocenters. The zero-order chi connectivity index (χ0) is 25.3. The summed E-state index contributed by atoms with van der Waals surface area (Å²) in [6.45, 7) is 15.9. The molecule has 0 heterocycles. The average molecular weight is 618 g/mol. The van der Waals surface area contributed by atoms with Crippen molar-refractivity contribution in [2.75, 3.05) is 0 Å². The van der Waals surface area contributed by atoms with Gasteiger partial charge in [-0.05, 0) is 0 Å². The van der Waals surface area contributed by atoms with Crippen LogP contribution >= 0.6 is 0 Å². The summed E-state index contributed by atoms with van der Waals surface area (Å²) in [6.07, 6.45) is 7.33. The summed E-state index contributed by atoms with van der Waals surface area (Å²) in [5.74, 6) is 0. The van der Waals surface area contributed by atoms with Gasteiger partial charge in [0.25, 0.3) is 0 Å². The normalized spacial score (nSPS) is 12.9. The van der Waals surface area contributed by atoms with E-state index >= 15 is 0 Å². The van der Waals surface area contributed by atoms with Crippen LogP contribution in [0.1, 0.15) is 66.0 Å². The molecule has 1 aliphatic rings. The molecule has 1 aliphatic carbocycles. The average Bonchev–Trinajstić information content (AvgIpc) is 3.11. The van der Waals surface area contributed by atoms with Gasteiger partial charge in [-0.3, -0.25) is 0 Å². The second kappa shape index (κ2) is 14.5. The molecule has 3 aromatic carbocycles. The molecule has 0 aromatic heterocycles. The van der Waals surface area contributed by atoms with Crippen molar-refractivity contribution in [3.8, 4) is 0 Å². The first-order chi connectivity index (χ1) is 16.6. The molecule has 0 aliphatic heterocycles. The molecule has 5 heteroatoms. The van der Waals surface area contributed by atoms with E-state index in [0.717, 1.165) is 6.42 Å². The van der Waals surface area contributed by atoms with Crippen LogP contribution in [0.3, 0.4) is 0 Å². The smallest absolute Gasteiger partial charge is 1.00 e. The monoisotopic (exact) mass is 616 g/mol. The van der Waals surface area contributed by atoms with Gasteiger partial charge in [-0.25, -0.2) is 0 Å². The Morgan fingerprint density at radius 2 is 0.947 bits per heavy atom. The van der Waals surface area contributed by atoms with Crippen molar-refractivity contribution < 1.29 is 57.7 Å². The third-order valence-electron chi connectivity index (χ3n) is 7.39. The fourth-order valence-electron chi connectivity index (χ4n) is 6.15. The van der Waals surface area contributed by atoms with E-state index in [-0.39, 0.29) is 37.2 Å². The van der Waals surface area contributed by atoms with Gasteiger partial charge in [0, 0.05) is 0 Å². The van der Waals surface area contributed by atoms with Crippen LogP contribution < -0.4 is 52.8 Å². The molecule has 0 fully saturated rings. The molecule has 0 amide bonds. The van der Waals surface area contributed by atoms with Crippen LogP contribution in [0.2, 0.25) is 0 Å². The number of unbranched alkanes of at least 4 members (excludes halogenated alkanes) is 1. The van der Waals surface area contributed by atoms with Crippen LogP contribution in [0, 0.1) is 41.5 Å². The third-order valence-corrected chi connectivity index (χ3v) is 13.6. The van der Waals surface area contributed by atoms with E-state index in [2.05, 4.69) is 130 Å². The molecular weight excluding hydrogens is 579 g/mol. The Balaban J connectivity index is 0.00000241. The number of halogens is 3. The van der Waals surface area contributed by atoms with Crippen LogP contribution in [0.5, 0.6) is 0 Å². The van der Waals surface area contributed by atoms with Gasteiger partial charge in [-0.15, -0.1) is 0 Å². The fraction of sp³-hybridized carbons (Fsp3) is 0.333. The van der Waals surface area contributed by atoms with Crippen molar-refractivity contribution >= 4 is 23.6 Å². The topological polar surface area (TPSA) is 0 Å². The minimum atomic E-state index is -2.50. The number of aryl methyl sites for hydroxylation is 6. The van der Waals surface area contributed by atoms with Gasteiger partial charge >= 0.3 is 227 Å². The zero-order valence-electron chi connectivity index (χ0n) is 23.7. The molecule has 0 nitrogen and oxygen atoms in total. The molecule has 4 rings (SSSR count). The number of benzene rings is 3. The molecule has 0 saturated carbocycles. The number of allylic oxidation sites excluding steroid dienone is 4. The van der Waals surface area contributed by atoms with E-state index in [4.69, 9.17) is 0 Å². The van der Waals surface area contributed by atoms with Crippen LogP contribution in [0.15, 0.2) is 75.3 Å². The van der Waals surface area contributed by atoms with Crippen molar-refractivity contribution in [2.24, 2.45) is 0 Å². The van der Waals surface area contributed by atoms with Crippen LogP contribution in [0.4, 0.5) is 0 Å². The number of rotatable bonds is 7. The maximum atomic E-state index is 2.55. The van der Waals surface area contributed by atoms with Gasteiger partial charge in [-0.1, -0.05) is 0 Å². The molecule has 0 spiro atoms. The molecule has 38 heavy (non-hydrogen) atoms. The number of hydrogen-bond acceptors (Lipinski definition) is 0. The Bertz CT molecular complexity index is 1150. The van der Waals surface area contributed by atoms with Gasteiger partial charge in [0.1, 0.15) is 0 Å². The maximum Gasteiger partial charge on any atom is -1.00 e. The molecular formula is C33H39Cl3SiTi. The summed E-state index contributed by atoms with van der Waals surface area (Å²) >= 11 is 2.42. The third kappa shape index (κ3) is 6.98.